The summed E-state index contributed by atoms with van der Waals surface area (Å²) >= 11 is 0. The van der Waals surface area contributed by atoms with Crippen LogP contribution >= 0.6 is 0 Å². The predicted octanol–water partition coefficient (Wildman–Crippen LogP) is 11.3. The van der Waals surface area contributed by atoms with Crippen molar-refractivity contribution in [2.75, 3.05) is 0 Å². The summed E-state index contributed by atoms with van der Waals surface area (Å²) in [5, 5.41) is 4.21. The Kier molecular flexibility index (Phi) is 6.92. The van der Waals surface area contributed by atoms with Gasteiger partial charge in [0.15, 0.2) is 23.3 Å². The van der Waals surface area contributed by atoms with E-state index in [1.807, 2.05) is 84.9 Å². The van der Waals surface area contributed by atoms with Gasteiger partial charge in [-0.15, -0.1) is 0 Å². The van der Waals surface area contributed by atoms with Gasteiger partial charge in [0.25, 0.3) is 0 Å². The van der Waals surface area contributed by atoms with Crippen LogP contribution in [0.25, 0.3) is 77.8 Å². The van der Waals surface area contributed by atoms with Crippen molar-refractivity contribution in [1.82, 2.24) is 24.1 Å². The van der Waals surface area contributed by atoms with Crippen LogP contribution in [0.2, 0.25) is 0 Å². The van der Waals surface area contributed by atoms with Crippen molar-refractivity contribution in [2.24, 2.45) is 0 Å². The molecule has 52 heavy (non-hydrogen) atoms. The summed E-state index contributed by atoms with van der Waals surface area (Å²) in [7, 11) is 0. The summed E-state index contributed by atoms with van der Waals surface area (Å²) in [4.78, 5) is 14.8. The molecule has 9 aromatic rings. The van der Waals surface area contributed by atoms with Crippen LogP contribution in [0.3, 0.4) is 0 Å². The van der Waals surface area contributed by atoms with Crippen LogP contribution in [0.5, 0.6) is 0 Å². The normalized spacial score (nSPS) is 14.5. The predicted molar refractivity (Wildman–Crippen MR) is 205 cm³/mol. The molecule has 1 aliphatic carbocycles. The number of hydrogen-bond donors (Lipinski definition) is 0. The fourth-order valence-corrected chi connectivity index (χ4v) is 7.64. The molecular formula is C45H29F2N5. The third-order valence-corrected chi connectivity index (χ3v) is 10.0. The molecule has 248 valence electrons. The molecule has 0 saturated carbocycles. The van der Waals surface area contributed by atoms with Crippen molar-refractivity contribution in [3.05, 3.63) is 175 Å². The molecule has 1 unspecified atom stereocenters. The van der Waals surface area contributed by atoms with Gasteiger partial charge in [0.1, 0.15) is 5.82 Å². The minimum absolute atomic E-state index is 0.0487. The average Bonchev–Trinajstić information content (AvgIpc) is 3.72. The second-order valence-electron chi connectivity index (χ2n) is 13.1. The molecule has 1 aliphatic rings. The highest BCUT2D eigenvalue weighted by Crippen LogP contribution is 2.43. The maximum atomic E-state index is 14.7. The third kappa shape index (κ3) is 4.77. The lowest BCUT2D eigenvalue weighted by molar-refractivity contribution is 0.508. The summed E-state index contributed by atoms with van der Waals surface area (Å²) < 4.78 is 33.2. The molecule has 0 saturated heterocycles. The SMILES string of the molecule is Fc1ccc(-n2c3ccccc3c3ccc4c(c5ccccc5n4C4=CCC(c5nc(-c6ccccc6)nc(-c6ccccc6)n5)C=C4)c32)cc1F. The lowest BCUT2D eigenvalue weighted by Gasteiger charge is -2.18. The van der Waals surface area contributed by atoms with Gasteiger partial charge >= 0.3 is 0 Å². The summed E-state index contributed by atoms with van der Waals surface area (Å²) in [5.74, 6) is 0.220. The van der Waals surface area contributed by atoms with Gasteiger partial charge in [-0.3, -0.25) is 0 Å². The zero-order valence-corrected chi connectivity index (χ0v) is 27.8. The largest absolute Gasteiger partial charge is 0.309 e. The van der Waals surface area contributed by atoms with Gasteiger partial charge in [0.05, 0.1) is 22.1 Å². The number of nitrogens with zero attached hydrogens (tertiary/aromatic N) is 5. The Morgan fingerprint density at radius 3 is 1.83 bits per heavy atom. The Morgan fingerprint density at radius 2 is 1.17 bits per heavy atom. The molecule has 0 spiro atoms. The molecule has 0 bridgehead atoms. The van der Waals surface area contributed by atoms with Crippen LogP contribution in [0.4, 0.5) is 8.78 Å². The van der Waals surface area contributed by atoms with E-state index in [2.05, 4.69) is 63.8 Å². The molecule has 6 aromatic carbocycles. The first-order valence-corrected chi connectivity index (χ1v) is 17.3. The molecule has 7 heteroatoms. The standard InChI is InChI=1S/C45H29F2N5/c46-36-25-23-32(27-37(36)47)52-38-17-9-7-15-33(38)34-24-26-40-41(42(34)52)35-16-8-10-18-39(35)51(40)31-21-19-30(20-22-31)45-49-43(28-11-3-1-4-12-28)48-44(50-45)29-13-5-2-6-14-29/h1-19,21-27,30H,20H2. The smallest absolute Gasteiger partial charge is 0.163 e. The van der Waals surface area contributed by atoms with E-state index in [-0.39, 0.29) is 5.92 Å². The number of benzene rings is 6. The highest BCUT2D eigenvalue weighted by molar-refractivity contribution is 6.26. The topological polar surface area (TPSA) is 48.5 Å². The third-order valence-electron chi connectivity index (χ3n) is 10.0. The van der Waals surface area contributed by atoms with E-state index in [9.17, 15) is 8.78 Å². The van der Waals surface area contributed by atoms with Crippen molar-refractivity contribution in [1.29, 1.82) is 0 Å². The van der Waals surface area contributed by atoms with Crippen molar-refractivity contribution >= 4 is 49.3 Å². The van der Waals surface area contributed by atoms with Crippen molar-refractivity contribution in [3.8, 4) is 28.5 Å². The number of aromatic nitrogens is 5. The minimum atomic E-state index is -0.880. The van der Waals surface area contributed by atoms with Crippen LogP contribution in [-0.4, -0.2) is 24.1 Å². The second-order valence-corrected chi connectivity index (χ2v) is 13.1. The Morgan fingerprint density at radius 1 is 0.538 bits per heavy atom. The maximum absolute atomic E-state index is 14.7. The van der Waals surface area contributed by atoms with Crippen molar-refractivity contribution in [2.45, 2.75) is 12.3 Å². The monoisotopic (exact) mass is 677 g/mol. The molecule has 3 aromatic heterocycles. The summed E-state index contributed by atoms with van der Waals surface area (Å²) in [6, 6.07) is 44.9. The molecule has 0 N–H and O–H groups in total. The molecule has 3 heterocycles. The van der Waals surface area contributed by atoms with Gasteiger partial charge < -0.3 is 9.13 Å². The Hall–Kier alpha value is -6.73. The highest BCUT2D eigenvalue weighted by Gasteiger charge is 2.24. The lowest BCUT2D eigenvalue weighted by Crippen LogP contribution is -2.09. The van der Waals surface area contributed by atoms with Crippen molar-refractivity contribution < 1.29 is 8.78 Å². The number of para-hydroxylation sites is 2. The van der Waals surface area contributed by atoms with E-state index in [1.165, 1.54) is 12.1 Å². The number of halogens is 2. The molecule has 0 aliphatic heterocycles. The van der Waals surface area contributed by atoms with Crippen molar-refractivity contribution in [3.63, 3.8) is 0 Å². The fraction of sp³-hybridized carbons (Fsp3) is 0.0444. The van der Waals surface area contributed by atoms with Gasteiger partial charge in [-0.05, 0) is 42.8 Å². The van der Waals surface area contributed by atoms with Gasteiger partial charge in [-0.2, -0.15) is 0 Å². The fourth-order valence-electron chi connectivity index (χ4n) is 7.64. The minimum Gasteiger partial charge on any atom is -0.309 e. The molecule has 5 nitrogen and oxygen atoms in total. The molecular weight excluding hydrogens is 649 g/mol. The van der Waals surface area contributed by atoms with Crippen LogP contribution in [0.15, 0.2) is 158 Å². The Labute approximate surface area is 297 Å². The molecule has 1 atom stereocenters. The number of fused-ring (bicyclic) bond motifs is 7. The first-order valence-electron chi connectivity index (χ1n) is 17.3. The van der Waals surface area contributed by atoms with Gasteiger partial charge in [0, 0.05) is 56.0 Å². The number of rotatable bonds is 5. The zero-order chi connectivity index (χ0) is 34.8. The lowest BCUT2D eigenvalue weighted by atomic mass is 9.98. The molecule has 10 rings (SSSR count). The first-order chi connectivity index (χ1) is 25.6. The Bertz CT molecular complexity index is 2850. The van der Waals surface area contributed by atoms with Gasteiger partial charge in [-0.25, -0.2) is 23.7 Å². The maximum Gasteiger partial charge on any atom is 0.163 e. The molecule has 0 fully saturated rings. The van der Waals surface area contributed by atoms with E-state index < -0.39 is 11.6 Å². The second kappa shape index (κ2) is 12.0. The summed E-state index contributed by atoms with van der Waals surface area (Å²) in [6.45, 7) is 0. The Balaban J connectivity index is 1.13. The zero-order valence-electron chi connectivity index (χ0n) is 27.8. The summed E-state index contributed by atoms with van der Waals surface area (Å²) in [6.07, 6.45) is 7.29. The molecule has 0 amide bonds. The highest BCUT2D eigenvalue weighted by atomic mass is 19.2. The molecule has 0 radical (unpaired) electrons. The van der Waals surface area contributed by atoms with Crippen LogP contribution < -0.4 is 0 Å². The number of hydrogen-bond acceptors (Lipinski definition) is 3. The average molecular weight is 678 g/mol. The van der Waals surface area contributed by atoms with E-state index in [0.717, 1.165) is 66.3 Å². The van der Waals surface area contributed by atoms with Crippen LogP contribution in [0.1, 0.15) is 18.2 Å². The van der Waals surface area contributed by atoms with E-state index in [0.29, 0.717) is 23.8 Å². The van der Waals surface area contributed by atoms with E-state index in [1.54, 1.807) is 6.07 Å². The van der Waals surface area contributed by atoms with Gasteiger partial charge in [-0.1, -0.05) is 115 Å². The van der Waals surface area contributed by atoms with E-state index in [4.69, 9.17) is 15.0 Å². The summed E-state index contributed by atoms with van der Waals surface area (Å²) in [5.41, 5.74) is 7.44. The van der Waals surface area contributed by atoms with Crippen LogP contribution in [0, 0.1) is 11.6 Å². The van der Waals surface area contributed by atoms with Crippen LogP contribution in [-0.2, 0) is 0 Å². The quantitative estimate of drug-likeness (QED) is 0.182. The first kappa shape index (κ1) is 30.1. The van der Waals surface area contributed by atoms with E-state index >= 15 is 0 Å². The van der Waals surface area contributed by atoms with Gasteiger partial charge in [0.2, 0.25) is 0 Å². The number of allylic oxidation sites excluding steroid dienone is 4.